The number of hydrogen-bond donors (Lipinski definition) is 1. The van der Waals surface area contributed by atoms with Gasteiger partial charge in [0.05, 0.1) is 22.1 Å². The minimum Gasteiger partial charge on any atom is -0.481 e. The fourth-order valence-electron chi connectivity index (χ4n) is 2.10. The van der Waals surface area contributed by atoms with Gasteiger partial charge in [-0.2, -0.15) is 5.26 Å². The van der Waals surface area contributed by atoms with Crippen molar-refractivity contribution in [2.24, 2.45) is 0 Å². The molecule has 0 aliphatic heterocycles. The maximum absolute atomic E-state index is 13.3. The van der Waals surface area contributed by atoms with Crippen molar-refractivity contribution < 1.29 is 18.8 Å². The molecule has 25 heavy (non-hydrogen) atoms. The van der Waals surface area contributed by atoms with Crippen LogP contribution in [-0.2, 0) is 11.3 Å². The summed E-state index contributed by atoms with van der Waals surface area (Å²) in [6, 6.07) is 11.3. The summed E-state index contributed by atoms with van der Waals surface area (Å²) in [7, 11) is 0. The largest absolute Gasteiger partial charge is 0.481 e. The maximum atomic E-state index is 13.3. The fraction of sp³-hybridized carbons (Fsp3) is 0.176. The molecule has 0 bridgehead atoms. The third-order valence-electron chi connectivity index (χ3n) is 3.34. The van der Waals surface area contributed by atoms with Crippen molar-refractivity contribution in [3.63, 3.8) is 0 Å². The molecule has 1 unspecified atom stereocenters. The topological polar surface area (TPSA) is 105 Å². The van der Waals surface area contributed by atoms with Gasteiger partial charge < -0.3 is 10.1 Å². The minimum absolute atomic E-state index is 0.0528. The molecule has 1 N–H and O–H groups in total. The van der Waals surface area contributed by atoms with E-state index in [1.54, 1.807) is 18.2 Å². The number of nitriles is 1. The Labute approximate surface area is 142 Å². The number of hydrogen-bond acceptors (Lipinski definition) is 5. The lowest BCUT2D eigenvalue weighted by Crippen LogP contribution is -2.36. The molecule has 1 atom stereocenters. The molecule has 0 aliphatic carbocycles. The van der Waals surface area contributed by atoms with E-state index in [0.717, 1.165) is 18.2 Å². The molecule has 7 nitrogen and oxygen atoms in total. The van der Waals surface area contributed by atoms with Crippen molar-refractivity contribution in [1.29, 1.82) is 5.26 Å². The SMILES string of the molecule is CC(Oc1cccc(C#N)c1)C(=O)NCc1cc(F)ccc1[N+](=O)[O-]. The van der Waals surface area contributed by atoms with E-state index in [2.05, 4.69) is 5.32 Å². The van der Waals surface area contributed by atoms with Crippen LogP contribution in [0.3, 0.4) is 0 Å². The van der Waals surface area contributed by atoms with E-state index in [1.165, 1.54) is 13.0 Å². The van der Waals surface area contributed by atoms with Crippen LogP contribution in [-0.4, -0.2) is 16.9 Å². The highest BCUT2D eigenvalue weighted by Crippen LogP contribution is 2.19. The number of rotatable bonds is 6. The zero-order valence-corrected chi connectivity index (χ0v) is 13.2. The summed E-state index contributed by atoms with van der Waals surface area (Å²) < 4.78 is 18.7. The first kappa shape index (κ1) is 17.9. The molecule has 0 heterocycles. The van der Waals surface area contributed by atoms with E-state index in [4.69, 9.17) is 10.00 Å². The van der Waals surface area contributed by atoms with Gasteiger partial charge in [0.1, 0.15) is 11.6 Å². The Morgan fingerprint density at radius 1 is 1.40 bits per heavy atom. The van der Waals surface area contributed by atoms with Crippen LogP contribution in [0.5, 0.6) is 5.75 Å². The number of nitrogens with zero attached hydrogens (tertiary/aromatic N) is 2. The Hall–Kier alpha value is -3.47. The predicted octanol–water partition coefficient (Wildman–Crippen LogP) is 2.69. The maximum Gasteiger partial charge on any atom is 0.274 e. The van der Waals surface area contributed by atoms with Gasteiger partial charge in [-0.25, -0.2) is 4.39 Å². The molecule has 0 aliphatic rings. The van der Waals surface area contributed by atoms with Gasteiger partial charge in [-0.15, -0.1) is 0 Å². The molecule has 0 radical (unpaired) electrons. The normalized spacial score (nSPS) is 11.2. The molecule has 0 saturated carbocycles. The number of nitro groups is 1. The van der Waals surface area contributed by atoms with Crippen molar-refractivity contribution in [3.05, 3.63) is 69.5 Å². The number of halogens is 1. The summed E-state index contributed by atoms with van der Waals surface area (Å²) in [5.74, 6) is -0.813. The van der Waals surface area contributed by atoms with E-state index in [-0.39, 0.29) is 17.8 Å². The van der Waals surface area contributed by atoms with Crippen LogP contribution in [0.25, 0.3) is 0 Å². The monoisotopic (exact) mass is 343 g/mol. The van der Waals surface area contributed by atoms with E-state index >= 15 is 0 Å². The zero-order valence-electron chi connectivity index (χ0n) is 13.2. The number of nitro benzene ring substituents is 1. The number of benzene rings is 2. The molecule has 8 heteroatoms. The van der Waals surface area contributed by atoms with Crippen LogP contribution < -0.4 is 10.1 Å². The first-order valence-electron chi connectivity index (χ1n) is 7.28. The van der Waals surface area contributed by atoms with Gasteiger partial charge in [0.25, 0.3) is 11.6 Å². The van der Waals surface area contributed by atoms with Gasteiger partial charge >= 0.3 is 0 Å². The Balaban J connectivity index is 2.01. The second-order valence-electron chi connectivity index (χ2n) is 5.15. The second kappa shape index (κ2) is 7.88. The number of ether oxygens (including phenoxy) is 1. The number of carbonyl (C=O) groups excluding carboxylic acids is 1. The van der Waals surface area contributed by atoms with E-state index in [9.17, 15) is 19.3 Å². The quantitative estimate of drug-likeness (QED) is 0.641. The highest BCUT2D eigenvalue weighted by atomic mass is 19.1. The molecule has 1 amide bonds. The van der Waals surface area contributed by atoms with Crippen LogP contribution in [0.2, 0.25) is 0 Å². The van der Waals surface area contributed by atoms with Gasteiger partial charge in [-0.3, -0.25) is 14.9 Å². The van der Waals surface area contributed by atoms with Crippen molar-refractivity contribution in [3.8, 4) is 11.8 Å². The molecule has 0 aromatic heterocycles. The highest BCUT2D eigenvalue weighted by Gasteiger charge is 2.18. The van der Waals surface area contributed by atoms with Crippen LogP contribution in [0.15, 0.2) is 42.5 Å². The summed E-state index contributed by atoms with van der Waals surface area (Å²) in [5.41, 5.74) is 0.162. The molecule has 0 saturated heterocycles. The van der Waals surface area contributed by atoms with Crippen LogP contribution in [0.4, 0.5) is 10.1 Å². The smallest absolute Gasteiger partial charge is 0.274 e. The molecule has 2 aromatic carbocycles. The van der Waals surface area contributed by atoms with Crippen molar-refractivity contribution in [2.45, 2.75) is 19.6 Å². The molecule has 0 fully saturated rings. The molecule has 0 spiro atoms. The van der Waals surface area contributed by atoms with E-state index in [1.807, 2.05) is 6.07 Å². The van der Waals surface area contributed by atoms with E-state index < -0.39 is 22.8 Å². The van der Waals surface area contributed by atoms with Gasteiger partial charge in [-0.05, 0) is 37.3 Å². The zero-order chi connectivity index (χ0) is 18.4. The van der Waals surface area contributed by atoms with Crippen molar-refractivity contribution >= 4 is 11.6 Å². The van der Waals surface area contributed by atoms with Gasteiger partial charge in [0.15, 0.2) is 6.10 Å². The van der Waals surface area contributed by atoms with E-state index in [0.29, 0.717) is 11.3 Å². The minimum atomic E-state index is -0.901. The summed E-state index contributed by atoms with van der Waals surface area (Å²) >= 11 is 0. The van der Waals surface area contributed by atoms with Gasteiger partial charge in [-0.1, -0.05) is 6.07 Å². The summed E-state index contributed by atoms with van der Waals surface area (Å²) in [6.45, 7) is 1.28. The first-order valence-corrected chi connectivity index (χ1v) is 7.28. The summed E-state index contributed by atoms with van der Waals surface area (Å²) in [5, 5.41) is 22.2. The lowest BCUT2D eigenvalue weighted by atomic mass is 10.1. The van der Waals surface area contributed by atoms with Gasteiger partial charge in [0.2, 0.25) is 0 Å². The molecule has 2 aromatic rings. The average Bonchev–Trinajstić information content (AvgIpc) is 2.59. The summed E-state index contributed by atoms with van der Waals surface area (Å²) in [4.78, 5) is 22.4. The van der Waals surface area contributed by atoms with Crippen molar-refractivity contribution in [2.75, 3.05) is 0 Å². The first-order chi connectivity index (χ1) is 11.9. The lowest BCUT2D eigenvalue weighted by molar-refractivity contribution is -0.385. The van der Waals surface area contributed by atoms with Crippen molar-refractivity contribution in [1.82, 2.24) is 5.32 Å². The average molecular weight is 343 g/mol. The molecular weight excluding hydrogens is 329 g/mol. The molecule has 128 valence electrons. The lowest BCUT2D eigenvalue weighted by Gasteiger charge is -2.15. The highest BCUT2D eigenvalue weighted by molar-refractivity contribution is 5.80. The van der Waals surface area contributed by atoms with Crippen LogP contribution >= 0.6 is 0 Å². The standard InChI is InChI=1S/C17H14FN3O4/c1-11(25-15-4-2-3-12(7-15)9-19)17(22)20-10-13-8-14(18)5-6-16(13)21(23)24/h2-8,11H,10H2,1H3,(H,20,22). The number of nitrogens with one attached hydrogen (secondary N) is 1. The third-order valence-corrected chi connectivity index (χ3v) is 3.34. The summed E-state index contributed by atoms with van der Waals surface area (Å²) in [6.07, 6.45) is -0.901. The molecular formula is C17H14FN3O4. The van der Waals surface area contributed by atoms with Crippen LogP contribution in [0.1, 0.15) is 18.1 Å². The fourth-order valence-corrected chi connectivity index (χ4v) is 2.10. The Kier molecular flexibility index (Phi) is 5.63. The molecule has 2 rings (SSSR count). The van der Waals surface area contributed by atoms with Gasteiger partial charge in [0, 0.05) is 12.6 Å². The second-order valence-corrected chi connectivity index (χ2v) is 5.15. The number of carbonyl (C=O) groups is 1. The third kappa shape index (κ3) is 4.75. The Morgan fingerprint density at radius 2 is 2.16 bits per heavy atom. The predicted molar refractivity (Wildman–Crippen MR) is 86.1 cm³/mol. The van der Waals surface area contributed by atoms with Crippen LogP contribution in [0, 0.1) is 27.3 Å². The Bertz CT molecular complexity index is 848. The Morgan fingerprint density at radius 3 is 2.84 bits per heavy atom. The number of amides is 1.